The minimum atomic E-state index is -0.784. The maximum absolute atomic E-state index is 13.5. The number of hydrogen-bond acceptors (Lipinski definition) is 4. The molecule has 0 aliphatic carbocycles. The summed E-state index contributed by atoms with van der Waals surface area (Å²) < 4.78 is 14.6. The van der Waals surface area contributed by atoms with Crippen LogP contribution in [0.4, 0.5) is 4.39 Å². The lowest BCUT2D eigenvalue weighted by atomic mass is 9.97. The van der Waals surface area contributed by atoms with Gasteiger partial charge in [-0.15, -0.1) is 0 Å². The zero-order valence-corrected chi connectivity index (χ0v) is 17.0. The molecule has 2 heterocycles. The SMILES string of the molecule is CC(C)c1c(C(=O)c2cc(Cl)cc(Cl)c2)n(Cc2ccnc(F)c2)c(=O)[nH]c1=O. The predicted molar refractivity (Wildman–Crippen MR) is 109 cm³/mol. The summed E-state index contributed by atoms with van der Waals surface area (Å²) in [7, 11) is 0. The van der Waals surface area contributed by atoms with Gasteiger partial charge in [-0.2, -0.15) is 4.39 Å². The van der Waals surface area contributed by atoms with Crippen molar-refractivity contribution >= 4 is 29.0 Å². The fourth-order valence-corrected chi connectivity index (χ4v) is 3.59. The number of rotatable bonds is 5. The largest absolute Gasteiger partial charge is 0.329 e. The molecule has 3 rings (SSSR count). The first-order valence-corrected chi connectivity index (χ1v) is 9.41. The summed E-state index contributed by atoms with van der Waals surface area (Å²) in [6.45, 7) is 3.32. The summed E-state index contributed by atoms with van der Waals surface area (Å²) in [5, 5.41) is 0.476. The molecule has 0 aliphatic heterocycles. The van der Waals surface area contributed by atoms with E-state index in [-0.39, 0.29) is 39.3 Å². The second-order valence-corrected chi connectivity index (χ2v) is 7.61. The van der Waals surface area contributed by atoms with Crippen LogP contribution < -0.4 is 11.2 Å². The number of ketones is 1. The Morgan fingerprint density at radius 2 is 1.83 bits per heavy atom. The maximum atomic E-state index is 13.5. The summed E-state index contributed by atoms with van der Waals surface area (Å²) in [4.78, 5) is 44.1. The Balaban J connectivity index is 2.28. The first kappa shape index (κ1) is 21.0. The molecular formula is C20H16Cl2FN3O3. The van der Waals surface area contributed by atoms with E-state index < -0.39 is 23.0 Å². The number of hydrogen-bond donors (Lipinski definition) is 1. The van der Waals surface area contributed by atoms with E-state index in [1.807, 2.05) is 0 Å². The molecule has 0 saturated carbocycles. The number of aromatic amines is 1. The van der Waals surface area contributed by atoms with E-state index >= 15 is 0 Å². The van der Waals surface area contributed by atoms with E-state index in [1.54, 1.807) is 13.8 Å². The van der Waals surface area contributed by atoms with Crippen LogP contribution in [0.15, 0.2) is 46.1 Å². The lowest BCUT2D eigenvalue weighted by Gasteiger charge is -2.17. The van der Waals surface area contributed by atoms with Crippen molar-refractivity contribution in [1.29, 1.82) is 0 Å². The smallest absolute Gasteiger partial charge is 0.287 e. The van der Waals surface area contributed by atoms with Gasteiger partial charge in [0.25, 0.3) is 5.56 Å². The van der Waals surface area contributed by atoms with Crippen molar-refractivity contribution in [2.24, 2.45) is 0 Å². The van der Waals surface area contributed by atoms with Crippen LogP contribution in [0.25, 0.3) is 0 Å². The summed E-state index contributed by atoms with van der Waals surface area (Å²) >= 11 is 12.0. The standard InChI is InChI=1S/C20H16Cl2FN3O3/c1-10(2)16-17(18(27)12-6-13(21)8-14(22)7-12)26(20(29)25-19(16)28)9-11-3-4-24-15(23)5-11/h3-8,10H,9H2,1-2H3,(H,25,28,29). The average Bonchev–Trinajstić information content (AvgIpc) is 2.62. The van der Waals surface area contributed by atoms with Crippen molar-refractivity contribution in [3.63, 3.8) is 0 Å². The number of nitrogens with zero attached hydrogens (tertiary/aromatic N) is 2. The number of H-pyrrole nitrogens is 1. The summed E-state index contributed by atoms with van der Waals surface area (Å²) in [5.41, 5.74) is -0.861. The Labute approximate surface area is 174 Å². The van der Waals surface area contributed by atoms with Crippen molar-refractivity contribution < 1.29 is 9.18 Å². The molecule has 29 heavy (non-hydrogen) atoms. The molecular weight excluding hydrogens is 420 g/mol. The number of halogens is 3. The van der Waals surface area contributed by atoms with E-state index in [2.05, 4.69) is 9.97 Å². The third-order valence-corrected chi connectivity index (χ3v) is 4.72. The lowest BCUT2D eigenvalue weighted by molar-refractivity contribution is 0.102. The Morgan fingerprint density at radius 3 is 2.41 bits per heavy atom. The van der Waals surface area contributed by atoms with Gasteiger partial charge in [-0.25, -0.2) is 9.78 Å². The topological polar surface area (TPSA) is 84.8 Å². The third kappa shape index (κ3) is 4.46. The molecule has 9 heteroatoms. The van der Waals surface area contributed by atoms with Gasteiger partial charge in [0.1, 0.15) is 5.69 Å². The molecule has 0 fully saturated rings. The summed E-state index contributed by atoms with van der Waals surface area (Å²) in [6, 6.07) is 6.94. The Kier molecular flexibility index (Phi) is 6.00. The highest BCUT2D eigenvalue weighted by atomic mass is 35.5. The molecule has 150 valence electrons. The van der Waals surface area contributed by atoms with Crippen LogP contribution in [0.5, 0.6) is 0 Å². The van der Waals surface area contributed by atoms with Crippen LogP contribution in [0, 0.1) is 5.95 Å². The van der Waals surface area contributed by atoms with Crippen molar-refractivity contribution in [3.05, 3.63) is 95.7 Å². The molecule has 1 N–H and O–H groups in total. The molecule has 0 spiro atoms. The van der Waals surface area contributed by atoms with Crippen molar-refractivity contribution in [2.75, 3.05) is 0 Å². The van der Waals surface area contributed by atoms with Gasteiger partial charge in [0.2, 0.25) is 11.7 Å². The highest BCUT2D eigenvalue weighted by molar-refractivity contribution is 6.35. The van der Waals surface area contributed by atoms with Gasteiger partial charge >= 0.3 is 5.69 Å². The van der Waals surface area contributed by atoms with Crippen LogP contribution in [0.3, 0.4) is 0 Å². The number of benzene rings is 1. The summed E-state index contributed by atoms with van der Waals surface area (Å²) in [5.74, 6) is -1.68. The number of nitrogens with one attached hydrogen (secondary N) is 1. The molecule has 0 aliphatic rings. The van der Waals surface area contributed by atoms with Crippen molar-refractivity contribution in [1.82, 2.24) is 14.5 Å². The molecule has 0 atom stereocenters. The lowest BCUT2D eigenvalue weighted by Crippen LogP contribution is -2.38. The van der Waals surface area contributed by atoms with Crippen molar-refractivity contribution in [2.45, 2.75) is 26.3 Å². The van der Waals surface area contributed by atoms with Gasteiger partial charge in [-0.3, -0.25) is 19.1 Å². The van der Waals surface area contributed by atoms with Crippen LogP contribution in [0.2, 0.25) is 10.0 Å². The van der Waals surface area contributed by atoms with Gasteiger partial charge in [0.05, 0.1) is 6.54 Å². The molecule has 0 saturated heterocycles. The van der Waals surface area contributed by atoms with Crippen LogP contribution in [-0.2, 0) is 6.54 Å². The molecule has 0 unspecified atom stereocenters. The first-order valence-electron chi connectivity index (χ1n) is 8.65. The van der Waals surface area contributed by atoms with Crippen LogP contribution in [0.1, 0.15) is 46.9 Å². The minimum absolute atomic E-state index is 0.0932. The van der Waals surface area contributed by atoms with Gasteiger partial charge in [0.15, 0.2) is 0 Å². The number of pyridine rings is 1. The molecule has 0 radical (unpaired) electrons. The number of aromatic nitrogens is 3. The summed E-state index contributed by atoms with van der Waals surface area (Å²) in [6.07, 6.45) is 1.25. The first-order chi connectivity index (χ1) is 13.7. The molecule has 0 amide bonds. The molecule has 0 bridgehead atoms. The number of carbonyl (C=O) groups is 1. The fraction of sp³-hybridized carbons (Fsp3) is 0.200. The second-order valence-electron chi connectivity index (χ2n) is 6.74. The molecule has 3 aromatic rings. The quantitative estimate of drug-likeness (QED) is 0.488. The number of carbonyl (C=O) groups excluding carboxylic acids is 1. The highest BCUT2D eigenvalue weighted by Crippen LogP contribution is 2.24. The third-order valence-electron chi connectivity index (χ3n) is 4.28. The average molecular weight is 436 g/mol. The normalized spacial score (nSPS) is 11.1. The van der Waals surface area contributed by atoms with Crippen LogP contribution >= 0.6 is 23.2 Å². The highest BCUT2D eigenvalue weighted by Gasteiger charge is 2.25. The van der Waals surface area contributed by atoms with E-state index in [4.69, 9.17) is 23.2 Å². The minimum Gasteiger partial charge on any atom is -0.287 e. The fourth-order valence-electron chi connectivity index (χ4n) is 3.06. The van der Waals surface area contributed by atoms with E-state index in [0.717, 1.165) is 10.6 Å². The molecule has 6 nitrogen and oxygen atoms in total. The molecule has 2 aromatic heterocycles. The van der Waals surface area contributed by atoms with E-state index in [1.165, 1.54) is 30.5 Å². The zero-order chi connectivity index (χ0) is 21.3. The van der Waals surface area contributed by atoms with Gasteiger partial charge < -0.3 is 0 Å². The van der Waals surface area contributed by atoms with Crippen LogP contribution in [-0.4, -0.2) is 20.3 Å². The van der Waals surface area contributed by atoms with E-state index in [0.29, 0.717) is 5.56 Å². The second kappa shape index (κ2) is 8.31. The monoisotopic (exact) mass is 435 g/mol. The van der Waals surface area contributed by atoms with Gasteiger partial charge in [-0.05, 0) is 41.8 Å². The van der Waals surface area contributed by atoms with Gasteiger partial charge in [0, 0.05) is 27.4 Å². The zero-order valence-electron chi connectivity index (χ0n) is 15.5. The van der Waals surface area contributed by atoms with E-state index in [9.17, 15) is 18.8 Å². The Morgan fingerprint density at radius 1 is 1.17 bits per heavy atom. The Bertz CT molecular complexity index is 1200. The Hall–Kier alpha value is -2.77. The predicted octanol–water partition coefficient (Wildman–Crippen LogP) is 3.78. The van der Waals surface area contributed by atoms with Gasteiger partial charge in [-0.1, -0.05) is 37.0 Å². The van der Waals surface area contributed by atoms with Crippen molar-refractivity contribution in [3.8, 4) is 0 Å². The molecule has 1 aromatic carbocycles. The maximum Gasteiger partial charge on any atom is 0.329 e.